The van der Waals surface area contributed by atoms with Gasteiger partial charge in [0.2, 0.25) is 17.7 Å². The number of aromatic nitrogens is 2. The average molecular weight is 657 g/mol. The van der Waals surface area contributed by atoms with E-state index in [0.29, 0.717) is 11.5 Å². The number of aliphatic hydroxyl groups excluding tert-OH is 1. The minimum atomic E-state index is -1.30. The van der Waals surface area contributed by atoms with Gasteiger partial charge in [0.1, 0.15) is 35.6 Å². The zero-order valence-electron chi connectivity index (χ0n) is 27.0. The largest absolute Gasteiger partial charge is 0.469 e. The van der Waals surface area contributed by atoms with Gasteiger partial charge < -0.3 is 39.4 Å². The molecule has 1 spiro atoms. The second-order valence-corrected chi connectivity index (χ2v) is 12.9. The van der Waals surface area contributed by atoms with Crippen LogP contribution in [-0.4, -0.2) is 58.5 Å². The number of hydrogen-bond donors (Lipinski definition) is 5. The Kier molecular flexibility index (Phi) is 7.62. The Balaban J connectivity index is 1.46. The molecule has 0 radical (unpaired) electrons. The van der Waals surface area contributed by atoms with Crippen LogP contribution >= 0.6 is 0 Å². The van der Waals surface area contributed by atoms with Crippen molar-refractivity contribution < 1.29 is 37.8 Å². The number of hydrogen-bond acceptors (Lipinski definition) is 11. The molecule has 3 aliphatic rings. The molecule has 4 aromatic rings. The molecular formula is C34H36N6O8. The van der Waals surface area contributed by atoms with Gasteiger partial charge in [-0.2, -0.15) is 4.98 Å². The topological polar surface area (TPSA) is 190 Å². The van der Waals surface area contributed by atoms with Crippen LogP contribution in [0.25, 0.3) is 11.6 Å². The highest BCUT2D eigenvalue weighted by atomic mass is 16.5. The van der Waals surface area contributed by atoms with E-state index in [1.165, 1.54) is 13.4 Å². The van der Waals surface area contributed by atoms with Crippen LogP contribution in [0.5, 0.6) is 5.75 Å². The van der Waals surface area contributed by atoms with Crippen molar-refractivity contribution in [3.63, 3.8) is 0 Å². The Hall–Kier alpha value is -5.37. The highest BCUT2D eigenvalue weighted by molar-refractivity contribution is 5.90. The monoisotopic (exact) mass is 656 g/mol. The molecular weight excluding hydrogens is 620 g/mol. The first-order valence-electron chi connectivity index (χ1n) is 15.8. The summed E-state index contributed by atoms with van der Waals surface area (Å²) in [7, 11) is 1.24. The molecule has 0 fully saturated rings. The van der Waals surface area contributed by atoms with Crippen LogP contribution in [0.2, 0.25) is 0 Å². The van der Waals surface area contributed by atoms with Crippen LogP contribution in [0.15, 0.2) is 57.6 Å². The van der Waals surface area contributed by atoms with Crippen LogP contribution in [0.1, 0.15) is 62.1 Å². The highest BCUT2D eigenvalue weighted by Gasteiger charge is 2.61. The van der Waals surface area contributed by atoms with Gasteiger partial charge in [0.15, 0.2) is 23.5 Å². The maximum atomic E-state index is 14.0. The first kappa shape index (κ1) is 31.2. The van der Waals surface area contributed by atoms with E-state index in [9.17, 15) is 19.5 Å². The van der Waals surface area contributed by atoms with Crippen LogP contribution < -0.4 is 26.0 Å². The first-order chi connectivity index (χ1) is 23.0. The number of carbonyl (C=O) groups is 3. The zero-order valence-corrected chi connectivity index (χ0v) is 27.0. The molecule has 0 saturated heterocycles. The first-order valence-corrected chi connectivity index (χ1v) is 15.8. The summed E-state index contributed by atoms with van der Waals surface area (Å²) < 4.78 is 23.9. The quantitative estimate of drug-likeness (QED) is 0.203. The molecule has 7 rings (SSSR count). The summed E-state index contributed by atoms with van der Waals surface area (Å²) in [5, 5.41) is 22.3. The van der Waals surface area contributed by atoms with E-state index in [-0.39, 0.29) is 41.5 Å². The number of fused-ring (bicyclic) bond motifs is 4. The van der Waals surface area contributed by atoms with Gasteiger partial charge in [-0.15, -0.1) is 0 Å². The minimum absolute atomic E-state index is 0.0602. The molecule has 5 N–H and O–H groups in total. The molecule has 14 heteroatoms. The number of nitrogens with one attached hydrogen (secondary N) is 4. The number of anilines is 2. The standard InChI is InChI=1S/C34H36N6O8/c1-15(2)24-31-40-25(30-37-23(14-46-30)38-33(44)45-5)27(48-31)34-18-8-6-7-9-20(18)36-32(34)47-22-11-10-17(12-19(22)34)13-21(28(42)39-24)35-29(43)26(41)16(3)4/h6-12,14-16,21,24,26,32,36,41H,13H2,1-5H3,(H,35,43)(H,38,44)(H,39,42)/t21-,24-,26-,32+,34?/m0/s1. The van der Waals surface area contributed by atoms with Crippen molar-refractivity contribution in [1.82, 2.24) is 20.6 Å². The van der Waals surface area contributed by atoms with Crippen molar-refractivity contribution in [2.45, 2.75) is 63.9 Å². The third-order valence-electron chi connectivity index (χ3n) is 9.07. The summed E-state index contributed by atoms with van der Waals surface area (Å²) in [5.74, 6) is -0.387. The second-order valence-electron chi connectivity index (χ2n) is 12.9. The number of methoxy groups -OCH3 is 1. The SMILES string of the molecule is COC(=O)Nc1coc(-c2nc3oc2C24c5ccccc5N[C@@H]2Oc2ccc(cc24)C[C@H](NC(=O)[C@@H](O)C(C)C)C(=O)N[C@H]3C(C)C)n1. The summed E-state index contributed by atoms with van der Waals surface area (Å²) >= 11 is 0. The van der Waals surface area contributed by atoms with Gasteiger partial charge in [-0.3, -0.25) is 14.9 Å². The summed E-state index contributed by atoms with van der Waals surface area (Å²) in [6.07, 6.45) is -1.27. The van der Waals surface area contributed by atoms with E-state index in [1.54, 1.807) is 13.8 Å². The average Bonchev–Trinajstić information content (AvgIpc) is 3.83. The van der Waals surface area contributed by atoms with Crippen molar-refractivity contribution >= 4 is 29.4 Å². The maximum absolute atomic E-state index is 14.0. The summed E-state index contributed by atoms with van der Waals surface area (Å²) in [4.78, 5) is 48.4. The maximum Gasteiger partial charge on any atom is 0.412 e. The van der Waals surface area contributed by atoms with Crippen LogP contribution in [0, 0.1) is 11.8 Å². The lowest BCUT2D eigenvalue weighted by Gasteiger charge is -2.29. The predicted octanol–water partition coefficient (Wildman–Crippen LogP) is 3.86. The van der Waals surface area contributed by atoms with Crippen molar-refractivity contribution in [3.8, 4) is 17.3 Å². The van der Waals surface area contributed by atoms with Crippen molar-refractivity contribution in [1.29, 1.82) is 0 Å². The Morgan fingerprint density at radius 2 is 1.88 bits per heavy atom. The van der Waals surface area contributed by atoms with Gasteiger partial charge >= 0.3 is 6.09 Å². The summed E-state index contributed by atoms with van der Waals surface area (Å²) in [6.45, 7) is 7.27. The highest BCUT2D eigenvalue weighted by Crippen LogP contribution is 2.59. The van der Waals surface area contributed by atoms with Crippen LogP contribution in [-0.2, 0) is 26.2 Å². The smallest absolute Gasteiger partial charge is 0.412 e. The molecule has 5 atom stereocenters. The van der Waals surface area contributed by atoms with Crippen molar-refractivity contribution in [2.24, 2.45) is 11.8 Å². The number of rotatable bonds is 6. The van der Waals surface area contributed by atoms with Crippen LogP contribution in [0.4, 0.5) is 16.3 Å². The third kappa shape index (κ3) is 4.94. The van der Waals surface area contributed by atoms with E-state index in [0.717, 1.165) is 22.4 Å². The Morgan fingerprint density at radius 1 is 1.08 bits per heavy atom. The molecule has 0 aliphatic carbocycles. The fraction of sp³-hybridized carbons (Fsp3) is 0.382. The Morgan fingerprint density at radius 3 is 2.62 bits per heavy atom. The van der Waals surface area contributed by atoms with E-state index in [4.69, 9.17) is 23.3 Å². The number of amides is 3. The van der Waals surface area contributed by atoms with Gasteiger partial charge in [-0.25, -0.2) is 9.78 Å². The Bertz CT molecular complexity index is 1920. The fourth-order valence-corrected chi connectivity index (χ4v) is 6.60. The third-order valence-corrected chi connectivity index (χ3v) is 9.07. The van der Waals surface area contributed by atoms with E-state index >= 15 is 0 Å². The molecule has 2 aromatic heterocycles. The molecule has 5 heterocycles. The van der Waals surface area contributed by atoms with E-state index in [1.807, 2.05) is 56.3 Å². The lowest BCUT2D eigenvalue weighted by molar-refractivity contribution is -0.135. The van der Waals surface area contributed by atoms with Crippen LogP contribution in [0.3, 0.4) is 0 Å². The molecule has 2 aromatic carbocycles. The van der Waals surface area contributed by atoms with Gasteiger partial charge in [-0.1, -0.05) is 58.0 Å². The molecule has 3 amide bonds. The molecule has 4 bridgehead atoms. The van der Waals surface area contributed by atoms with Crippen molar-refractivity contribution in [3.05, 3.63) is 77.1 Å². The second kappa shape index (κ2) is 11.7. The molecule has 3 aliphatic heterocycles. The number of benzene rings is 2. The number of oxazole rings is 2. The van der Waals surface area contributed by atoms with Gasteiger partial charge in [0.25, 0.3) is 5.89 Å². The zero-order chi connectivity index (χ0) is 33.9. The number of nitrogens with zero attached hydrogens (tertiary/aromatic N) is 2. The van der Waals surface area contributed by atoms with Gasteiger partial charge in [0.05, 0.1) is 7.11 Å². The molecule has 48 heavy (non-hydrogen) atoms. The number of aliphatic hydroxyl groups is 1. The van der Waals surface area contributed by atoms with E-state index in [2.05, 4.69) is 26.3 Å². The summed E-state index contributed by atoms with van der Waals surface area (Å²) in [5.41, 5.74) is 2.34. The van der Waals surface area contributed by atoms with Gasteiger partial charge in [0, 0.05) is 17.7 Å². The molecule has 1 unspecified atom stereocenters. The predicted molar refractivity (Wildman–Crippen MR) is 171 cm³/mol. The molecule has 0 saturated carbocycles. The number of para-hydroxylation sites is 1. The lowest BCUT2D eigenvalue weighted by atomic mass is 9.72. The fourth-order valence-electron chi connectivity index (χ4n) is 6.60. The number of carbonyl (C=O) groups excluding carboxylic acids is 3. The van der Waals surface area contributed by atoms with E-state index < -0.39 is 47.7 Å². The number of ether oxygens (including phenoxy) is 2. The van der Waals surface area contributed by atoms with Gasteiger partial charge in [-0.05, 0) is 35.1 Å². The lowest BCUT2D eigenvalue weighted by Crippen LogP contribution is -2.52. The summed E-state index contributed by atoms with van der Waals surface area (Å²) in [6, 6.07) is 11.6. The minimum Gasteiger partial charge on any atom is -0.469 e. The van der Waals surface area contributed by atoms with Crippen molar-refractivity contribution in [2.75, 3.05) is 17.7 Å². The normalized spacial score (nSPS) is 22.8. The molecule has 14 nitrogen and oxygen atoms in total. The molecule has 250 valence electrons. The Labute approximate surface area is 275 Å².